The van der Waals surface area contributed by atoms with Crippen molar-refractivity contribution in [2.45, 2.75) is 25.8 Å². The van der Waals surface area contributed by atoms with Crippen LogP contribution < -0.4 is 10.6 Å². The molecule has 6 nitrogen and oxygen atoms in total. The van der Waals surface area contributed by atoms with Crippen LogP contribution in [0.4, 0.5) is 5.69 Å². The van der Waals surface area contributed by atoms with E-state index in [0.29, 0.717) is 30.2 Å². The number of anilines is 1. The highest BCUT2D eigenvalue weighted by Gasteiger charge is 2.27. The van der Waals surface area contributed by atoms with Gasteiger partial charge >= 0.3 is 0 Å². The van der Waals surface area contributed by atoms with Gasteiger partial charge in [0.25, 0.3) is 11.8 Å². The van der Waals surface area contributed by atoms with Crippen LogP contribution in [0.25, 0.3) is 0 Å². The fourth-order valence-corrected chi connectivity index (χ4v) is 3.27. The van der Waals surface area contributed by atoms with Gasteiger partial charge < -0.3 is 15.2 Å². The number of hydrogen-bond donors (Lipinski definition) is 2. The lowest BCUT2D eigenvalue weighted by Crippen LogP contribution is -2.28. The van der Waals surface area contributed by atoms with Crippen molar-refractivity contribution >= 4 is 40.7 Å². The van der Waals surface area contributed by atoms with Crippen LogP contribution in [0, 0.1) is 0 Å². The Morgan fingerprint density at radius 2 is 2.08 bits per heavy atom. The Kier molecular flexibility index (Phi) is 5.64. The lowest BCUT2D eigenvalue weighted by Gasteiger charge is -2.17. The van der Waals surface area contributed by atoms with Crippen molar-refractivity contribution in [1.29, 1.82) is 0 Å². The molecular formula is C18H18Cl2N4O2. The van der Waals surface area contributed by atoms with Gasteiger partial charge in [0.05, 0.1) is 21.4 Å². The maximum Gasteiger partial charge on any atom is 0.287 e. The number of amides is 2. The lowest BCUT2D eigenvalue weighted by atomic mass is 10.1. The van der Waals surface area contributed by atoms with Crippen LogP contribution in [0.3, 0.4) is 0 Å². The summed E-state index contributed by atoms with van der Waals surface area (Å²) in [5.41, 5.74) is 1.40. The number of halogens is 2. The van der Waals surface area contributed by atoms with E-state index in [0.717, 1.165) is 18.5 Å². The normalized spacial score (nSPS) is 13.0. The number of rotatable bonds is 5. The van der Waals surface area contributed by atoms with Gasteiger partial charge in [-0.15, -0.1) is 6.58 Å². The molecule has 1 aromatic heterocycles. The van der Waals surface area contributed by atoms with Crippen molar-refractivity contribution in [3.63, 3.8) is 0 Å². The van der Waals surface area contributed by atoms with Gasteiger partial charge in [-0.25, -0.2) is 4.98 Å². The zero-order valence-corrected chi connectivity index (χ0v) is 15.5. The highest BCUT2D eigenvalue weighted by atomic mass is 35.5. The molecule has 8 heteroatoms. The van der Waals surface area contributed by atoms with Crippen molar-refractivity contribution < 1.29 is 9.59 Å². The minimum absolute atomic E-state index is 0.240. The zero-order valence-electron chi connectivity index (χ0n) is 14.0. The molecule has 2 heterocycles. The molecule has 136 valence electrons. The minimum atomic E-state index is -0.414. The Morgan fingerprint density at radius 3 is 2.85 bits per heavy atom. The number of fused-ring (bicyclic) bond motifs is 1. The van der Waals surface area contributed by atoms with Gasteiger partial charge in [-0.3, -0.25) is 9.59 Å². The van der Waals surface area contributed by atoms with Gasteiger partial charge in [-0.05, 0) is 31.4 Å². The number of hydrogen-bond acceptors (Lipinski definition) is 3. The Balaban J connectivity index is 1.92. The summed E-state index contributed by atoms with van der Waals surface area (Å²) in [4.78, 5) is 29.4. The highest BCUT2D eigenvalue weighted by molar-refractivity contribution is 6.44. The van der Waals surface area contributed by atoms with E-state index >= 15 is 0 Å². The average Bonchev–Trinajstić information content (AvgIpc) is 3.03. The van der Waals surface area contributed by atoms with Crippen molar-refractivity contribution in [3.8, 4) is 0 Å². The monoisotopic (exact) mass is 392 g/mol. The van der Waals surface area contributed by atoms with Crippen molar-refractivity contribution in [2.24, 2.45) is 0 Å². The number of benzene rings is 1. The molecule has 0 fully saturated rings. The van der Waals surface area contributed by atoms with Crippen LogP contribution >= 0.6 is 23.2 Å². The number of aromatic nitrogens is 2. The molecule has 26 heavy (non-hydrogen) atoms. The number of nitrogens with one attached hydrogen (secondary N) is 2. The van der Waals surface area contributed by atoms with E-state index in [1.54, 1.807) is 24.3 Å². The second kappa shape index (κ2) is 7.93. The Hall–Kier alpha value is -2.31. The van der Waals surface area contributed by atoms with Gasteiger partial charge in [0.1, 0.15) is 0 Å². The molecule has 1 aromatic carbocycles. The number of nitrogens with zero attached hydrogens (tertiary/aromatic N) is 2. The number of imidazole rings is 1. The fourth-order valence-electron chi connectivity index (χ4n) is 2.92. The summed E-state index contributed by atoms with van der Waals surface area (Å²) in [6.45, 7) is 4.57. The molecule has 2 amide bonds. The summed E-state index contributed by atoms with van der Waals surface area (Å²) in [6, 6.07) is 4.99. The smallest absolute Gasteiger partial charge is 0.287 e. The summed E-state index contributed by atoms with van der Waals surface area (Å²) < 4.78 is 1.82. The molecule has 0 spiro atoms. The van der Waals surface area contributed by atoms with Gasteiger partial charge in [0, 0.05) is 13.1 Å². The summed E-state index contributed by atoms with van der Waals surface area (Å²) in [6.07, 6.45) is 4.16. The van der Waals surface area contributed by atoms with E-state index in [4.69, 9.17) is 23.2 Å². The Labute approximate surface area is 161 Å². The number of carbonyl (C=O) groups excluding carboxylic acids is 2. The van der Waals surface area contributed by atoms with Crippen molar-refractivity contribution in [1.82, 2.24) is 14.9 Å². The van der Waals surface area contributed by atoms with E-state index in [-0.39, 0.29) is 22.4 Å². The standard InChI is InChI=1S/C18H18Cl2N4O2/c1-2-9-21-18(26)16-23-15(13-8-3-4-10-24(13)16)17(25)22-12-7-5-6-11(19)14(12)20/h2,5-7H,1,3-4,8-10H2,(H,21,26)(H,22,25). The van der Waals surface area contributed by atoms with Crippen molar-refractivity contribution in [2.75, 3.05) is 11.9 Å². The molecule has 0 saturated heterocycles. The first kappa shape index (κ1) is 18.5. The van der Waals surface area contributed by atoms with Crippen LogP contribution in [-0.2, 0) is 13.0 Å². The third kappa shape index (κ3) is 3.61. The van der Waals surface area contributed by atoms with Gasteiger partial charge in [-0.1, -0.05) is 35.3 Å². The maximum absolute atomic E-state index is 12.8. The van der Waals surface area contributed by atoms with Crippen LogP contribution in [-0.4, -0.2) is 27.9 Å². The first-order valence-electron chi connectivity index (χ1n) is 8.26. The second-order valence-corrected chi connectivity index (χ2v) is 6.68. The molecule has 2 N–H and O–H groups in total. The van der Waals surface area contributed by atoms with Crippen LogP contribution in [0.15, 0.2) is 30.9 Å². The predicted octanol–water partition coefficient (Wildman–Crippen LogP) is 3.69. The molecule has 0 aliphatic carbocycles. The number of carbonyl (C=O) groups is 2. The fraction of sp³-hybridized carbons (Fsp3) is 0.278. The largest absolute Gasteiger partial charge is 0.346 e. The van der Waals surface area contributed by atoms with Crippen LogP contribution in [0.5, 0.6) is 0 Å². The van der Waals surface area contributed by atoms with Gasteiger partial charge in [0.15, 0.2) is 11.5 Å². The molecule has 0 radical (unpaired) electrons. The Morgan fingerprint density at radius 1 is 1.27 bits per heavy atom. The van der Waals surface area contributed by atoms with Crippen molar-refractivity contribution in [3.05, 3.63) is 58.1 Å². The van der Waals surface area contributed by atoms with E-state index in [1.807, 2.05) is 4.57 Å². The predicted molar refractivity (Wildman–Crippen MR) is 102 cm³/mol. The van der Waals surface area contributed by atoms with Crippen LogP contribution in [0.2, 0.25) is 10.0 Å². The van der Waals surface area contributed by atoms with Crippen LogP contribution in [0.1, 0.15) is 39.6 Å². The molecule has 0 bridgehead atoms. The molecule has 0 unspecified atom stereocenters. The zero-order chi connectivity index (χ0) is 18.7. The SMILES string of the molecule is C=CCNC(=O)c1nc(C(=O)Nc2cccc(Cl)c2Cl)c2n1CCCC2. The highest BCUT2D eigenvalue weighted by Crippen LogP contribution is 2.30. The molecule has 1 aliphatic heterocycles. The van der Waals surface area contributed by atoms with E-state index in [1.165, 1.54) is 0 Å². The molecular weight excluding hydrogens is 375 g/mol. The summed E-state index contributed by atoms with van der Waals surface area (Å²) >= 11 is 12.1. The summed E-state index contributed by atoms with van der Waals surface area (Å²) in [5.74, 6) is -0.501. The topological polar surface area (TPSA) is 76.0 Å². The first-order valence-corrected chi connectivity index (χ1v) is 9.02. The summed E-state index contributed by atoms with van der Waals surface area (Å²) in [7, 11) is 0. The van der Waals surface area contributed by atoms with E-state index < -0.39 is 5.91 Å². The third-order valence-electron chi connectivity index (χ3n) is 4.14. The average molecular weight is 393 g/mol. The van der Waals surface area contributed by atoms with E-state index in [2.05, 4.69) is 22.2 Å². The summed E-state index contributed by atoms with van der Waals surface area (Å²) in [5, 5.41) is 6.05. The molecule has 0 saturated carbocycles. The van der Waals surface area contributed by atoms with Gasteiger partial charge in [-0.2, -0.15) is 0 Å². The lowest BCUT2D eigenvalue weighted by molar-refractivity contribution is 0.0942. The van der Waals surface area contributed by atoms with E-state index in [9.17, 15) is 9.59 Å². The first-order chi connectivity index (χ1) is 12.5. The van der Waals surface area contributed by atoms with Gasteiger partial charge in [0.2, 0.25) is 0 Å². The molecule has 1 aliphatic rings. The quantitative estimate of drug-likeness (QED) is 0.761. The molecule has 2 aromatic rings. The molecule has 3 rings (SSSR count). The third-order valence-corrected chi connectivity index (χ3v) is 4.96. The molecule has 0 atom stereocenters. The Bertz CT molecular complexity index is 876. The minimum Gasteiger partial charge on any atom is -0.346 e. The second-order valence-electron chi connectivity index (χ2n) is 5.89. The maximum atomic E-state index is 12.8.